The second-order valence-electron chi connectivity index (χ2n) is 7.17. The Balaban J connectivity index is 1.39. The highest BCUT2D eigenvalue weighted by Gasteiger charge is 2.24. The summed E-state index contributed by atoms with van der Waals surface area (Å²) in [5.74, 6) is 0.517. The smallest absolute Gasteiger partial charge is 0.315 e. The van der Waals surface area contributed by atoms with Crippen LogP contribution >= 0.6 is 15.9 Å². The number of likely N-dealkylation sites (N-methyl/N-ethyl adjacent to an activating group) is 1. The summed E-state index contributed by atoms with van der Waals surface area (Å²) in [6.45, 7) is 8.18. The van der Waals surface area contributed by atoms with Gasteiger partial charge in [0.05, 0.1) is 0 Å². The van der Waals surface area contributed by atoms with Crippen LogP contribution in [-0.2, 0) is 0 Å². The minimum absolute atomic E-state index is 0.0103. The summed E-state index contributed by atoms with van der Waals surface area (Å²) in [6.07, 6.45) is 3.38. The van der Waals surface area contributed by atoms with E-state index in [-0.39, 0.29) is 12.1 Å². The van der Waals surface area contributed by atoms with Gasteiger partial charge in [0, 0.05) is 42.4 Å². The van der Waals surface area contributed by atoms with E-state index >= 15 is 0 Å². The van der Waals surface area contributed by atoms with Gasteiger partial charge in [-0.3, -0.25) is 0 Å². The van der Waals surface area contributed by atoms with Crippen molar-refractivity contribution in [2.24, 2.45) is 5.92 Å². The minimum Gasteiger partial charge on any atom is -0.371 e. The maximum absolute atomic E-state index is 12.2. The molecule has 138 valence electrons. The molecular formula is C19H29BrN4O. The second kappa shape index (κ2) is 8.90. The second-order valence-corrected chi connectivity index (χ2v) is 8.08. The number of rotatable bonds is 5. The molecule has 0 saturated carbocycles. The van der Waals surface area contributed by atoms with E-state index in [2.05, 4.69) is 61.5 Å². The summed E-state index contributed by atoms with van der Waals surface area (Å²) in [5, 5.41) is 6.23. The van der Waals surface area contributed by atoms with Crippen LogP contribution in [0.25, 0.3) is 0 Å². The molecule has 2 heterocycles. The number of nitrogens with zero attached hydrogens (tertiary/aromatic N) is 2. The Hall–Kier alpha value is -1.27. The van der Waals surface area contributed by atoms with Crippen molar-refractivity contribution in [2.45, 2.75) is 32.2 Å². The van der Waals surface area contributed by atoms with Crippen molar-refractivity contribution >= 4 is 27.6 Å². The molecule has 2 atom stereocenters. The fourth-order valence-electron chi connectivity index (χ4n) is 3.84. The number of urea groups is 1. The van der Waals surface area contributed by atoms with Crippen LogP contribution in [0.15, 0.2) is 28.7 Å². The summed E-state index contributed by atoms with van der Waals surface area (Å²) in [6, 6.07) is 8.70. The van der Waals surface area contributed by atoms with Crippen LogP contribution < -0.4 is 15.5 Å². The van der Waals surface area contributed by atoms with Crippen LogP contribution in [0.3, 0.4) is 0 Å². The molecule has 1 aromatic rings. The highest BCUT2D eigenvalue weighted by atomic mass is 79.9. The van der Waals surface area contributed by atoms with Gasteiger partial charge in [0.25, 0.3) is 0 Å². The van der Waals surface area contributed by atoms with Crippen molar-refractivity contribution in [3.8, 4) is 0 Å². The predicted molar refractivity (Wildman–Crippen MR) is 106 cm³/mol. The number of halogens is 1. The van der Waals surface area contributed by atoms with Gasteiger partial charge >= 0.3 is 6.03 Å². The molecule has 2 amide bonds. The number of benzene rings is 1. The lowest BCUT2D eigenvalue weighted by Crippen LogP contribution is -2.51. The van der Waals surface area contributed by atoms with Gasteiger partial charge in [0.1, 0.15) is 0 Å². The summed E-state index contributed by atoms with van der Waals surface area (Å²) >= 11 is 3.54. The molecule has 0 spiro atoms. The lowest BCUT2D eigenvalue weighted by atomic mass is 10.1. The summed E-state index contributed by atoms with van der Waals surface area (Å²) in [4.78, 5) is 17.0. The monoisotopic (exact) mass is 408 g/mol. The van der Waals surface area contributed by atoms with Gasteiger partial charge in [-0.1, -0.05) is 28.9 Å². The third-order valence-corrected chi connectivity index (χ3v) is 5.79. The molecule has 25 heavy (non-hydrogen) atoms. The van der Waals surface area contributed by atoms with Gasteiger partial charge in [-0.05, 0) is 56.5 Å². The van der Waals surface area contributed by atoms with Crippen LogP contribution in [-0.4, -0.2) is 56.2 Å². The molecule has 0 aliphatic carbocycles. The molecule has 0 bridgehead atoms. The Bertz CT molecular complexity index is 582. The zero-order chi connectivity index (χ0) is 17.6. The van der Waals surface area contributed by atoms with Crippen molar-refractivity contribution in [1.29, 1.82) is 0 Å². The van der Waals surface area contributed by atoms with Crippen molar-refractivity contribution in [1.82, 2.24) is 15.5 Å². The Morgan fingerprint density at radius 2 is 2.16 bits per heavy atom. The van der Waals surface area contributed by atoms with E-state index in [4.69, 9.17) is 0 Å². The molecule has 0 radical (unpaired) electrons. The van der Waals surface area contributed by atoms with E-state index in [0.29, 0.717) is 5.92 Å². The van der Waals surface area contributed by atoms with Crippen LogP contribution in [0.2, 0.25) is 0 Å². The van der Waals surface area contributed by atoms with E-state index in [9.17, 15) is 4.79 Å². The topological polar surface area (TPSA) is 47.6 Å². The fraction of sp³-hybridized carbons (Fsp3) is 0.632. The molecule has 2 aliphatic heterocycles. The minimum atomic E-state index is -0.0103. The highest BCUT2D eigenvalue weighted by molar-refractivity contribution is 9.10. The van der Waals surface area contributed by atoms with Gasteiger partial charge in [0.2, 0.25) is 0 Å². The molecule has 2 N–H and O–H groups in total. The first-order valence-electron chi connectivity index (χ1n) is 9.41. The van der Waals surface area contributed by atoms with Crippen LogP contribution in [0.5, 0.6) is 0 Å². The number of carbonyl (C=O) groups excluding carboxylic acids is 1. The molecule has 0 unspecified atom stereocenters. The summed E-state index contributed by atoms with van der Waals surface area (Å²) < 4.78 is 1.11. The predicted octanol–water partition coefficient (Wildman–Crippen LogP) is 3.06. The Kier molecular flexibility index (Phi) is 6.59. The van der Waals surface area contributed by atoms with Crippen molar-refractivity contribution in [3.05, 3.63) is 28.7 Å². The number of piperidine rings is 1. The quantitative estimate of drug-likeness (QED) is 0.786. The van der Waals surface area contributed by atoms with Gasteiger partial charge in [-0.25, -0.2) is 4.79 Å². The third-order valence-electron chi connectivity index (χ3n) is 5.30. The largest absolute Gasteiger partial charge is 0.371 e. The zero-order valence-corrected chi connectivity index (χ0v) is 16.6. The van der Waals surface area contributed by atoms with Crippen LogP contribution in [0.1, 0.15) is 26.2 Å². The van der Waals surface area contributed by atoms with E-state index in [1.165, 1.54) is 12.1 Å². The molecule has 2 saturated heterocycles. The van der Waals surface area contributed by atoms with E-state index in [0.717, 1.165) is 56.6 Å². The molecule has 2 aliphatic rings. The first-order valence-corrected chi connectivity index (χ1v) is 10.2. The third kappa shape index (κ3) is 5.35. The maximum atomic E-state index is 12.2. The first-order chi connectivity index (χ1) is 12.1. The Morgan fingerprint density at radius 1 is 1.28 bits per heavy atom. The van der Waals surface area contributed by atoms with E-state index in [1.807, 2.05) is 6.07 Å². The SMILES string of the molecule is CCN1CCC[C@H](NC(=O)NC[C@@H]2CCN(c3cccc(Br)c3)C2)C1. The van der Waals surface area contributed by atoms with E-state index in [1.54, 1.807) is 0 Å². The van der Waals surface area contributed by atoms with Gasteiger partial charge < -0.3 is 20.4 Å². The van der Waals surface area contributed by atoms with Crippen LogP contribution in [0.4, 0.5) is 10.5 Å². The van der Waals surface area contributed by atoms with Gasteiger partial charge in [-0.15, -0.1) is 0 Å². The summed E-state index contributed by atoms with van der Waals surface area (Å²) in [7, 11) is 0. The van der Waals surface area contributed by atoms with Crippen molar-refractivity contribution in [3.63, 3.8) is 0 Å². The molecule has 6 heteroatoms. The van der Waals surface area contributed by atoms with Crippen molar-refractivity contribution in [2.75, 3.05) is 44.2 Å². The van der Waals surface area contributed by atoms with E-state index < -0.39 is 0 Å². The van der Waals surface area contributed by atoms with Gasteiger partial charge in [0.15, 0.2) is 0 Å². The van der Waals surface area contributed by atoms with Crippen molar-refractivity contribution < 1.29 is 4.79 Å². The summed E-state index contributed by atoms with van der Waals surface area (Å²) in [5.41, 5.74) is 1.25. The standard InChI is InChI=1S/C19H29BrN4O/c1-2-23-9-4-6-17(14-23)22-19(25)21-12-15-8-10-24(13-15)18-7-3-5-16(20)11-18/h3,5,7,11,15,17H,2,4,6,8-10,12-14H2,1H3,(H2,21,22,25)/t15-,17-/m0/s1. The number of amides is 2. The molecule has 0 aromatic heterocycles. The average molecular weight is 409 g/mol. The number of hydrogen-bond acceptors (Lipinski definition) is 3. The molecule has 5 nitrogen and oxygen atoms in total. The maximum Gasteiger partial charge on any atom is 0.315 e. The van der Waals surface area contributed by atoms with Crippen LogP contribution in [0, 0.1) is 5.92 Å². The number of anilines is 1. The number of nitrogens with one attached hydrogen (secondary N) is 2. The average Bonchev–Trinajstić information content (AvgIpc) is 3.09. The molecular weight excluding hydrogens is 380 g/mol. The number of carbonyl (C=O) groups is 1. The first kappa shape index (κ1) is 18.5. The Morgan fingerprint density at radius 3 is 2.96 bits per heavy atom. The molecule has 3 rings (SSSR count). The molecule has 1 aromatic carbocycles. The normalized spacial score (nSPS) is 24.3. The Labute approximate surface area is 159 Å². The lowest BCUT2D eigenvalue weighted by molar-refractivity contribution is 0.192. The molecule has 2 fully saturated rings. The fourth-order valence-corrected chi connectivity index (χ4v) is 4.23. The highest BCUT2D eigenvalue weighted by Crippen LogP contribution is 2.25. The number of hydrogen-bond donors (Lipinski definition) is 2. The lowest BCUT2D eigenvalue weighted by Gasteiger charge is -2.32. The number of likely N-dealkylation sites (tertiary alicyclic amines) is 1. The zero-order valence-electron chi connectivity index (χ0n) is 15.0. The van der Waals surface area contributed by atoms with Gasteiger partial charge in [-0.2, -0.15) is 0 Å².